The van der Waals surface area contributed by atoms with E-state index in [-0.39, 0.29) is 21.8 Å². The molecule has 0 radical (unpaired) electrons. The van der Waals surface area contributed by atoms with Gasteiger partial charge in [-0.1, -0.05) is 11.6 Å². The van der Waals surface area contributed by atoms with Crippen molar-refractivity contribution in [3.05, 3.63) is 47.2 Å². The Morgan fingerprint density at radius 2 is 1.65 bits per heavy atom. The van der Waals surface area contributed by atoms with Crippen LogP contribution in [0.1, 0.15) is 0 Å². The Kier molecular flexibility index (Phi) is 3.76. The summed E-state index contributed by atoms with van der Waals surface area (Å²) in [7, 11) is 0. The Morgan fingerprint density at radius 3 is 2.20 bits per heavy atom. The molecule has 7 heteroatoms. The quantitative estimate of drug-likeness (QED) is 0.648. The molecule has 0 saturated heterocycles. The smallest absolute Gasteiger partial charge is 0.406 e. The van der Waals surface area contributed by atoms with Crippen molar-refractivity contribution in [3.8, 4) is 16.9 Å². The topological polar surface area (TPSA) is 35.2 Å². The summed E-state index contributed by atoms with van der Waals surface area (Å²) in [6.07, 6.45) is -4.81. The summed E-state index contributed by atoms with van der Waals surface area (Å²) in [5.41, 5.74) is 6.00. The summed E-state index contributed by atoms with van der Waals surface area (Å²) in [4.78, 5) is 0. The number of nitrogen functional groups attached to an aromatic ring is 1. The van der Waals surface area contributed by atoms with E-state index >= 15 is 0 Å². The van der Waals surface area contributed by atoms with Crippen LogP contribution in [0.5, 0.6) is 5.75 Å². The maximum Gasteiger partial charge on any atom is 0.573 e. The number of ether oxygens (including phenoxy) is 1. The molecule has 106 valence electrons. The molecule has 0 heterocycles. The number of hydrogen-bond donors (Lipinski definition) is 1. The summed E-state index contributed by atoms with van der Waals surface area (Å²) >= 11 is 5.63. The second kappa shape index (κ2) is 5.20. The van der Waals surface area contributed by atoms with Gasteiger partial charge in [-0.2, -0.15) is 0 Å². The van der Waals surface area contributed by atoms with Crippen molar-refractivity contribution in [3.63, 3.8) is 0 Å². The van der Waals surface area contributed by atoms with Gasteiger partial charge in [0.1, 0.15) is 11.6 Å². The van der Waals surface area contributed by atoms with Gasteiger partial charge in [-0.05, 0) is 30.3 Å². The Bertz CT molecular complexity index is 643. The van der Waals surface area contributed by atoms with Gasteiger partial charge in [0.2, 0.25) is 0 Å². The average molecular weight is 306 g/mol. The van der Waals surface area contributed by atoms with E-state index in [1.165, 1.54) is 18.2 Å². The summed E-state index contributed by atoms with van der Waals surface area (Å²) in [5.74, 6) is -1.08. The maximum absolute atomic E-state index is 13.7. The van der Waals surface area contributed by atoms with E-state index in [0.29, 0.717) is 0 Å². The molecule has 0 aliphatic carbocycles. The summed E-state index contributed by atoms with van der Waals surface area (Å²) in [6, 6.07) is 7.25. The molecule has 2 nitrogen and oxygen atoms in total. The van der Waals surface area contributed by atoms with Crippen LogP contribution in [0.15, 0.2) is 36.4 Å². The van der Waals surface area contributed by atoms with Crippen molar-refractivity contribution >= 4 is 17.3 Å². The predicted molar refractivity (Wildman–Crippen MR) is 67.9 cm³/mol. The highest BCUT2D eigenvalue weighted by atomic mass is 35.5. The van der Waals surface area contributed by atoms with Crippen LogP contribution < -0.4 is 10.5 Å². The van der Waals surface area contributed by atoms with E-state index in [9.17, 15) is 17.6 Å². The van der Waals surface area contributed by atoms with E-state index in [4.69, 9.17) is 17.3 Å². The number of halogens is 5. The Morgan fingerprint density at radius 1 is 1.00 bits per heavy atom. The lowest BCUT2D eigenvalue weighted by atomic mass is 10.0. The SMILES string of the molecule is Nc1cc(OC(F)(F)F)ccc1-c1ccc(Cl)cc1F. The van der Waals surface area contributed by atoms with Crippen LogP contribution in [0.2, 0.25) is 5.02 Å². The molecule has 0 unspecified atom stereocenters. The van der Waals surface area contributed by atoms with Crippen molar-refractivity contribution in [1.29, 1.82) is 0 Å². The highest BCUT2D eigenvalue weighted by Gasteiger charge is 2.31. The van der Waals surface area contributed by atoms with Gasteiger partial charge in [0.15, 0.2) is 0 Å². The minimum atomic E-state index is -4.81. The highest BCUT2D eigenvalue weighted by molar-refractivity contribution is 6.30. The summed E-state index contributed by atoms with van der Waals surface area (Å²) in [5, 5.41) is 0.210. The minimum absolute atomic E-state index is 0.0343. The highest BCUT2D eigenvalue weighted by Crippen LogP contribution is 2.33. The van der Waals surface area contributed by atoms with Crippen LogP contribution >= 0.6 is 11.6 Å². The molecule has 0 aromatic heterocycles. The van der Waals surface area contributed by atoms with Gasteiger partial charge in [-0.15, -0.1) is 13.2 Å². The number of alkyl halides is 3. The first-order valence-corrected chi connectivity index (χ1v) is 5.75. The monoisotopic (exact) mass is 305 g/mol. The third-order valence-electron chi connectivity index (χ3n) is 2.48. The first kappa shape index (κ1) is 14.5. The Balaban J connectivity index is 2.39. The molecule has 2 aromatic carbocycles. The molecule has 0 amide bonds. The van der Waals surface area contributed by atoms with Gasteiger partial charge >= 0.3 is 6.36 Å². The van der Waals surface area contributed by atoms with Gasteiger partial charge in [0.05, 0.1) is 0 Å². The minimum Gasteiger partial charge on any atom is -0.406 e. The normalized spacial score (nSPS) is 11.4. The molecule has 0 saturated carbocycles. The molecule has 0 fully saturated rings. The van der Waals surface area contributed by atoms with E-state index in [2.05, 4.69) is 4.74 Å². The number of rotatable bonds is 2. The largest absolute Gasteiger partial charge is 0.573 e. The number of hydrogen-bond acceptors (Lipinski definition) is 2. The van der Waals surface area contributed by atoms with Crippen molar-refractivity contribution in [2.75, 3.05) is 5.73 Å². The predicted octanol–water partition coefficient (Wildman–Crippen LogP) is 4.63. The van der Waals surface area contributed by atoms with Crippen LogP contribution in [-0.4, -0.2) is 6.36 Å². The lowest BCUT2D eigenvalue weighted by molar-refractivity contribution is -0.274. The Hall–Kier alpha value is -1.95. The van der Waals surface area contributed by atoms with Gasteiger partial charge in [0, 0.05) is 27.9 Å². The second-order valence-corrected chi connectivity index (χ2v) is 4.36. The standard InChI is InChI=1S/C13H8ClF4NO/c14-7-1-3-9(11(15)5-7)10-4-2-8(6-12(10)19)20-13(16,17)18/h1-6H,19H2. The molecule has 0 bridgehead atoms. The second-order valence-electron chi connectivity index (χ2n) is 3.92. The van der Waals surface area contributed by atoms with Crippen LogP contribution in [0.3, 0.4) is 0 Å². The first-order valence-electron chi connectivity index (χ1n) is 5.37. The zero-order valence-electron chi connectivity index (χ0n) is 9.84. The zero-order valence-corrected chi connectivity index (χ0v) is 10.6. The fourth-order valence-electron chi connectivity index (χ4n) is 1.69. The number of benzene rings is 2. The van der Waals surface area contributed by atoms with Crippen LogP contribution in [-0.2, 0) is 0 Å². The number of nitrogens with two attached hydrogens (primary N) is 1. The van der Waals surface area contributed by atoms with Gasteiger partial charge in [-0.3, -0.25) is 0 Å². The fraction of sp³-hybridized carbons (Fsp3) is 0.0769. The lowest BCUT2D eigenvalue weighted by Gasteiger charge is -2.12. The van der Waals surface area contributed by atoms with Gasteiger partial charge in [0.25, 0.3) is 0 Å². The van der Waals surface area contributed by atoms with Crippen molar-refractivity contribution < 1.29 is 22.3 Å². The number of anilines is 1. The Labute approximate surface area is 116 Å². The van der Waals surface area contributed by atoms with E-state index in [0.717, 1.165) is 18.2 Å². The third kappa shape index (κ3) is 3.33. The molecule has 0 aliphatic heterocycles. The molecule has 0 aliphatic rings. The fourth-order valence-corrected chi connectivity index (χ4v) is 1.85. The zero-order chi connectivity index (χ0) is 14.9. The van der Waals surface area contributed by atoms with Crippen molar-refractivity contribution in [1.82, 2.24) is 0 Å². The maximum atomic E-state index is 13.7. The van der Waals surface area contributed by atoms with Crippen LogP contribution in [0.4, 0.5) is 23.2 Å². The average Bonchev–Trinajstić information content (AvgIpc) is 2.28. The summed E-state index contributed by atoms with van der Waals surface area (Å²) < 4.78 is 53.7. The van der Waals surface area contributed by atoms with Gasteiger partial charge < -0.3 is 10.5 Å². The van der Waals surface area contributed by atoms with E-state index in [1.54, 1.807) is 0 Å². The van der Waals surface area contributed by atoms with Crippen molar-refractivity contribution in [2.24, 2.45) is 0 Å². The van der Waals surface area contributed by atoms with Crippen molar-refractivity contribution in [2.45, 2.75) is 6.36 Å². The molecular formula is C13H8ClF4NO. The third-order valence-corrected chi connectivity index (χ3v) is 2.71. The molecule has 2 aromatic rings. The van der Waals surface area contributed by atoms with Gasteiger partial charge in [-0.25, -0.2) is 4.39 Å². The first-order chi connectivity index (χ1) is 9.26. The molecule has 2 N–H and O–H groups in total. The van der Waals surface area contributed by atoms with Crippen LogP contribution in [0.25, 0.3) is 11.1 Å². The lowest BCUT2D eigenvalue weighted by Crippen LogP contribution is -2.17. The van der Waals surface area contributed by atoms with E-state index in [1.807, 2.05) is 0 Å². The molecular weight excluding hydrogens is 298 g/mol. The van der Waals surface area contributed by atoms with E-state index < -0.39 is 17.9 Å². The van der Waals surface area contributed by atoms with Crippen LogP contribution in [0, 0.1) is 5.82 Å². The molecule has 0 spiro atoms. The molecule has 0 atom stereocenters. The molecule has 20 heavy (non-hydrogen) atoms. The molecule has 2 rings (SSSR count). The summed E-state index contributed by atoms with van der Waals surface area (Å²) in [6.45, 7) is 0.